The van der Waals surface area contributed by atoms with Crippen molar-refractivity contribution in [3.8, 4) is 0 Å². The molecule has 0 aliphatic rings. The van der Waals surface area contributed by atoms with Gasteiger partial charge in [0.1, 0.15) is 18.1 Å². The average Bonchev–Trinajstić information content (AvgIpc) is 3.23. The van der Waals surface area contributed by atoms with Gasteiger partial charge in [-0.05, 0) is 12.8 Å². The van der Waals surface area contributed by atoms with Gasteiger partial charge in [0, 0.05) is 18.3 Å². The molecule has 3 amide bonds. The van der Waals surface area contributed by atoms with Gasteiger partial charge in [0.15, 0.2) is 0 Å². The Morgan fingerprint density at radius 1 is 1.03 bits per heavy atom. The molecule has 8 N–H and O–H groups in total. The van der Waals surface area contributed by atoms with Crippen LogP contribution in [-0.2, 0) is 30.4 Å². The third-order valence-electron chi connectivity index (χ3n) is 4.91. The summed E-state index contributed by atoms with van der Waals surface area (Å²) < 4.78 is 0. The molecular weight excluding hydrogens is 424 g/mol. The molecule has 0 radical (unpaired) electrons. The SMILES string of the molecule is CCC(C)C(N)C(=O)NC(CC(=O)O)C(=O)NC(Cc1cnc[nH]1)C(=O)NC(C)C(=O)O. The second kappa shape index (κ2) is 12.4. The second-order valence-electron chi connectivity index (χ2n) is 7.48. The Bertz CT molecular complexity index is 813. The van der Waals surface area contributed by atoms with Gasteiger partial charge in [-0.15, -0.1) is 0 Å². The summed E-state index contributed by atoms with van der Waals surface area (Å²) in [5, 5.41) is 25.1. The van der Waals surface area contributed by atoms with E-state index < -0.39 is 60.2 Å². The lowest BCUT2D eigenvalue weighted by Gasteiger charge is -2.25. The molecule has 0 aromatic carbocycles. The molecule has 0 aliphatic carbocycles. The molecule has 0 bridgehead atoms. The quantitative estimate of drug-likeness (QED) is 0.181. The number of aliphatic carboxylic acids is 2. The maximum atomic E-state index is 12.8. The molecular formula is C19H30N6O7. The molecule has 0 aliphatic heterocycles. The predicted octanol–water partition coefficient (Wildman–Crippen LogP) is -1.64. The highest BCUT2D eigenvalue weighted by Crippen LogP contribution is 2.07. The molecule has 0 saturated carbocycles. The smallest absolute Gasteiger partial charge is 0.325 e. The van der Waals surface area contributed by atoms with E-state index in [1.807, 2.05) is 6.92 Å². The van der Waals surface area contributed by atoms with Crippen LogP contribution in [-0.4, -0.2) is 74.0 Å². The monoisotopic (exact) mass is 454 g/mol. The van der Waals surface area contributed by atoms with Gasteiger partial charge in [-0.2, -0.15) is 0 Å². The number of amides is 3. The molecule has 1 aromatic rings. The summed E-state index contributed by atoms with van der Waals surface area (Å²) in [6.07, 6.45) is 2.54. The standard InChI is InChI=1S/C19H30N6O7/c1-4-9(2)15(20)18(30)25-13(6-14(26)27)17(29)24-12(5-11-7-21-8-22-11)16(28)23-10(3)19(31)32/h7-10,12-13,15H,4-6,20H2,1-3H3,(H,21,22)(H,23,28)(H,24,29)(H,25,30)(H,26,27)(H,31,32). The highest BCUT2D eigenvalue weighted by molar-refractivity contribution is 5.95. The normalized spacial score (nSPS) is 15.5. The Morgan fingerprint density at radius 2 is 1.62 bits per heavy atom. The van der Waals surface area contributed by atoms with E-state index in [0.717, 1.165) is 0 Å². The number of hydrogen-bond acceptors (Lipinski definition) is 7. The van der Waals surface area contributed by atoms with Gasteiger partial charge in [-0.1, -0.05) is 20.3 Å². The van der Waals surface area contributed by atoms with E-state index in [1.54, 1.807) is 6.92 Å². The van der Waals surface area contributed by atoms with Crippen LogP contribution in [0.1, 0.15) is 39.3 Å². The fourth-order valence-electron chi connectivity index (χ4n) is 2.64. The lowest BCUT2D eigenvalue weighted by molar-refractivity contribution is -0.143. The summed E-state index contributed by atoms with van der Waals surface area (Å²) in [6, 6.07) is -4.94. The number of carboxylic acid groups (broad SMARTS) is 2. The molecule has 0 fully saturated rings. The summed E-state index contributed by atoms with van der Waals surface area (Å²) in [4.78, 5) is 66.6. The van der Waals surface area contributed by atoms with E-state index in [0.29, 0.717) is 12.1 Å². The minimum Gasteiger partial charge on any atom is -0.481 e. The van der Waals surface area contributed by atoms with Gasteiger partial charge in [0.05, 0.1) is 18.8 Å². The van der Waals surface area contributed by atoms with Crippen LogP contribution in [0.25, 0.3) is 0 Å². The number of aromatic amines is 1. The largest absolute Gasteiger partial charge is 0.481 e. The highest BCUT2D eigenvalue weighted by atomic mass is 16.4. The summed E-state index contributed by atoms with van der Waals surface area (Å²) in [7, 11) is 0. The van der Waals surface area contributed by atoms with Crippen molar-refractivity contribution in [2.45, 2.75) is 64.2 Å². The molecule has 1 rings (SSSR count). The van der Waals surface area contributed by atoms with Crippen molar-refractivity contribution in [1.82, 2.24) is 25.9 Å². The van der Waals surface area contributed by atoms with Crippen LogP contribution in [0.3, 0.4) is 0 Å². The zero-order valence-electron chi connectivity index (χ0n) is 18.1. The third kappa shape index (κ3) is 8.34. The molecule has 1 aromatic heterocycles. The first-order valence-corrected chi connectivity index (χ1v) is 10.0. The maximum absolute atomic E-state index is 12.8. The molecule has 13 heteroatoms. The number of nitrogens with two attached hydrogens (primary N) is 1. The number of aromatic nitrogens is 2. The fraction of sp³-hybridized carbons (Fsp3) is 0.579. The molecule has 178 valence electrons. The van der Waals surface area contributed by atoms with E-state index in [4.69, 9.17) is 15.9 Å². The lowest BCUT2D eigenvalue weighted by Crippen LogP contribution is -2.58. The van der Waals surface area contributed by atoms with E-state index in [2.05, 4.69) is 25.9 Å². The number of H-pyrrole nitrogens is 1. The Kier molecular flexibility index (Phi) is 10.3. The third-order valence-corrected chi connectivity index (χ3v) is 4.91. The van der Waals surface area contributed by atoms with Gasteiger partial charge >= 0.3 is 11.9 Å². The van der Waals surface area contributed by atoms with Crippen molar-refractivity contribution >= 4 is 29.7 Å². The van der Waals surface area contributed by atoms with E-state index in [1.165, 1.54) is 19.4 Å². The van der Waals surface area contributed by atoms with Crippen LogP contribution in [0.4, 0.5) is 0 Å². The molecule has 1 heterocycles. The number of hydrogen-bond donors (Lipinski definition) is 7. The van der Waals surface area contributed by atoms with Gasteiger partial charge in [0.2, 0.25) is 17.7 Å². The predicted molar refractivity (Wildman–Crippen MR) is 111 cm³/mol. The number of nitrogens with one attached hydrogen (secondary N) is 4. The van der Waals surface area contributed by atoms with E-state index >= 15 is 0 Å². The molecule has 5 atom stereocenters. The molecule has 32 heavy (non-hydrogen) atoms. The molecule has 13 nitrogen and oxygen atoms in total. The Hall–Kier alpha value is -3.48. The zero-order valence-corrected chi connectivity index (χ0v) is 18.1. The first-order chi connectivity index (χ1) is 15.0. The topological polar surface area (TPSA) is 217 Å². The summed E-state index contributed by atoms with van der Waals surface area (Å²) in [5.41, 5.74) is 6.32. The lowest BCUT2D eigenvalue weighted by atomic mass is 9.99. The summed E-state index contributed by atoms with van der Waals surface area (Å²) in [5.74, 6) is -5.27. The van der Waals surface area contributed by atoms with Crippen molar-refractivity contribution in [3.63, 3.8) is 0 Å². The van der Waals surface area contributed by atoms with Crippen LogP contribution in [0.15, 0.2) is 12.5 Å². The van der Waals surface area contributed by atoms with Crippen molar-refractivity contribution < 1.29 is 34.2 Å². The van der Waals surface area contributed by atoms with Gasteiger partial charge in [0.25, 0.3) is 0 Å². The fourth-order valence-corrected chi connectivity index (χ4v) is 2.64. The highest BCUT2D eigenvalue weighted by Gasteiger charge is 2.31. The van der Waals surface area contributed by atoms with Crippen LogP contribution in [0.2, 0.25) is 0 Å². The Balaban J connectivity index is 3.02. The van der Waals surface area contributed by atoms with Crippen LogP contribution in [0, 0.1) is 5.92 Å². The van der Waals surface area contributed by atoms with Crippen molar-refractivity contribution in [2.75, 3.05) is 0 Å². The number of carbonyl (C=O) groups excluding carboxylic acids is 3. The Morgan fingerprint density at radius 3 is 2.12 bits per heavy atom. The molecule has 0 saturated heterocycles. The number of rotatable bonds is 13. The van der Waals surface area contributed by atoms with Crippen LogP contribution < -0.4 is 21.7 Å². The van der Waals surface area contributed by atoms with Gasteiger partial charge < -0.3 is 36.9 Å². The second-order valence-corrected chi connectivity index (χ2v) is 7.48. The minimum absolute atomic E-state index is 0.0793. The average molecular weight is 454 g/mol. The number of carboxylic acids is 2. The van der Waals surface area contributed by atoms with Gasteiger partial charge in [-0.25, -0.2) is 4.98 Å². The first kappa shape index (κ1) is 26.6. The first-order valence-electron chi connectivity index (χ1n) is 10.0. The van der Waals surface area contributed by atoms with Crippen molar-refractivity contribution in [1.29, 1.82) is 0 Å². The summed E-state index contributed by atoms with van der Waals surface area (Å²) in [6.45, 7) is 4.82. The summed E-state index contributed by atoms with van der Waals surface area (Å²) >= 11 is 0. The van der Waals surface area contributed by atoms with Gasteiger partial charge in [-0.3, -0.25) is 24.0 Å². The maximum Gasteiger partial charge on any atom is 0.325 e. The number of imidazole rings is 1. The van der Waals surface area contributed by atoms with E-state index in [-0.39, 0.29) is 12.3 Å². The molecule has 5 unspecified atom stereocenters. The minimum atomic E-state index is -1.50. The zero-order chi connectivity index (χ0) is 24.4. The van der Waals surface area contributed by atoms with Crippen molar-refractivity contribution in [2.24, 2.45) is 11.7 Å². The molecule has 0 spiro atoms. The van der Waals surface area contributed by atoms with Crippen LogP contribution >= 0.6 is 0 Å². The van der Waals surface area contributed by atoms with E-state index in [9.17, 15) is 24.0 Å². The number of carbonyl (C=O) groups is 5. The number of nitrogens with zero attached hydrogens (tertiary/aromatic N) is 1. The Labute approximate surface area is 184 Å². The van der Waals surface area contributed by atoms with Crippen LogP contribution in [0.5, 0.6) is 0 Å². The van der Waals surface area contributed by atoms with Crippen molar-refractivity contribution in [3.05, 3.63) is 18.2 Å².